The zero-order chi connectivity index (χ0) is 15.4. The number of rotatable bonds is 6. The van der Waals surface area contributed by atoms with Gasteiger partial charge in [-0.05, 0) is 42.4 Å². The minimum absolute atomic E-state index is 0.169. The van der Waals surface area contributed by atoms with Crippen molar-refractivity contribution >= 4 is 5.97 Å². The molecule has 116 valence electrons. The summed E-state index contributed by atoms with van der Waals surface area (Å²) in [5, 5.41) is 3.43. The third-order valence-corrected chi connectivity index (χ3v) is 4.26. The highest BCUT2D eigenvalue weighted by Gasteiger charge is 2.34. The van der Waals surface area contributed by atoms with Crippen LogP contribution in [0.5, 0.6) is 5.75 Å². The minimum atomic E-state index is -0.211. The van der Waals surface area contributed by atoms with E-state index >= 15 is 0 Å². The second kappa shape index (κ2) is 6.94. The lowest BCUT2D eigenvalue weighted by atomic mass is 9.75. The molecule has 0 spiro atoms. The van der Waals surface area contributed by atoms with E-state index in [1.807, 2.05) is 26.0 Å². The Balaban J connectivity index is 1.86. The van der Waals surface area contributed by atoms with E-state index in [1.165, 1.54) is 12.7 Å². The number of hydrogen-bond acceptors (Lipinski definition) is 4. The van der Waals surface area contributed by atoms with Crippen LogP contribution in [0.4, 0.5) is 0 Å². The summed E-state index contributed by atoms with van der Waals surface area (Å²) >= 11 is 0. The van der Waals surface area contributed by atoms with Gasteiger partial charge in [-0.15, -0.1) is 0 Å². The number of hydrogen-bond donors (Lipinski definition) is 1. The van der Waals surface area contributed by atoms with Crippen LogP contribution < -0.4 is 10.1 Å². The van der Waals surface area contributed by atoms with E-state index in [0.29, 0.717) is 12.0 Å². The maximum Gasteiger partial charge on any atom is 0.323 e. The Labute approximate surface area is 126 Å². The van der Waals surface area contributed by atoms with Crippen LogP contribution >= 0.6 is 0 Å². The third-order valence-electron chi connectivity index (χ3n) is 4.26. The largest absolute Gasteiger partial charge is 0.497 e. The van der Waals surface area contributed by atoms with Crippen molar-refractivity contribution < 1.29 is 14.3 Å². The van der Waals surface area contributed by atoms with Gasteiger partial charge in [-0.3, -0.25) is 4.79 Å². The lowest BCUT2D eigenvalue weighted by Gasteiger charge is -2.39. The second-order valence-electron chi connectivity index (χ2n) is 6.05. The Bertz CT molecular complexity index is 463. The number of benzene rings is 1. The molecular formula is C17H25NO3. The molecule has 1 aliphatic carbocycles. The van der Waals surface area contributed by atoms with Gasteiger partial charge in [-0.2, -0.15) is 0 Å². The monoisotopic (exact) mass is 291 g/mol. The fraction of sp³-hybridized carbons (Fsp3) is 0.588. The second-order valence-corrected chi connectivity index (χ2v) is 6.05. The summed E-state index contributed by atoms with van der Waals surface area (Å²) in [6, 6.07) is 8.43. The van der Waals surface area contributed by atoms with Gasteiger partial charge >= 0.3 is 5.97 Å². The summed E-state index contributed by atoms with van der Waals surface area (Å²) in [5.74, 6) is 1.52. The molecule has 0 saturated heterocycles. The van der Waals surface area contributed by atoms with Crippen LogP contribution in [-0.4, -0.2) is 32.3 Å². The van der Waals surface area contributed by atoms with E-state index in [1.54, 1.807) is 7.11 Å². The molecule has 21 heavy (non-hydrogen) atoms. The van der Waals surface area contributed by atoms with Gasteiger partial charge in [0.15, 0.2) is 0 Å². The minimum Gasteiger partial charge on any atom is -0.497 e. The number of carbonyl (C=O) groups is 1. The fourth-order valence-corrected chi connectivity index (χ4v) is 2.82. The summed E-state index contributed by atoms with van der Waals surface area (Å²) in [6.07, 6.45) is 2.12. The smallest absolute Gasteiger partial charge is 0.323 e. The summed E-state index contributed by atoms with van der Waals surface area (Å²) in [7, 11) is 3.12. The average molecular weight is 291 g/mol. The SMILES string of the molecule is COC(=O)[C@@H](NC1CC(c2ccc(OC)cc2)C1)C(C)C. The topological polar surface area (TPSA) is 47.6 Å². The number of nitrogens with one attached hydrogen (secondary N) is 1. The van der Waals surface area contributed by atoms with Crippen molar-refractivity contribution in [1.29, 1.82) is 0 Å². The molecule has 0 unspecified atom stereocenters. The van der Waals surface area contributed by atoms with Crippen molar-refractivity contribution in [3.63, 3.8) is 0 Å². The standard InChI is InChI=1S/C17H25NO3/c1-11(2)16(17(19)21-4)18-14-9-13(10-14)12-5-7-15(20-3)8-6-12/h5-8,11,13-14,16,18H,9-10H2,1-4H3/t13?,14?,16-/m0/s1. The fourth-order valence-electron chi connectivity index (χ4n) is 2.82. The maximum atomic E-state index is 11.8. The third kappa shape index (κ3) is 3.76. The van der Waals surface area contributed by atoms with Crippen LogP contribution in [-0.2, 0) is 9.53 Å². The van der Waals surface area contributed by atoms with Crippen molar-refractivity contribution in [1.82, 2.24) is 5.32 Å². The van der Waals surface area contributed by atoms with E-state index in [4.69, 9.17) is 9.47 Å². The Morgan fingerprint density at radius 1 is 1.19 bits per heavy atom. The van der Waals surface area contributed by atoms with Crippen LogP contribution in [0.1, 0.15) is 38.2 Å². The first-order chi connectivity index (χ1) is 10.0. The predicted molar refractivity (Wildman–Crippen MR) is 82.5 cm³/mol. The first kappa shape index (κ1) is 15.8. The molecule has 0 heterocycles. The van der Waals surface area contributed by atoms with Crippen LogP contribution in [0, 0.1) is 5.92 Å². The summed E-state index contributed by atoms with van der Waals surface area (Å²) in [6.45, 7) is 4.07. The van der Waals surface area contributed by atoms with Gasteiger partial charge < -0.3 is 14.8 Å². The van der Waals surface area contributed by atoms with Crippen molar-refractivity contribution in [3.05, 3.63) is 29.8 Å². The molecule has 1 aromatic carbocycles. The van der Waals surface area contributed by atoms with E-state index < -0.39 is 0 Å². The Kier molecular flexibility index (Phi) is 5.23. The number of methoxy groups -OCH3 is 2. The molecule has 0 aromatic heterocycles. The Morgan fingerprint density at radius 2 is 1.81 bits per heavy atom. The zero-order valence-corrected chi connectivity index (χ0v) is 13.3. The molecule has 0 amide bonds. The molecule has 1 atom stereocenters. The molecule has 1 fully saturated rings. The molecule has 0 aliphatic heterocycles. The highest BCUT2D eigenvalue weighted by Crippen LogP contribution is 2.37. The molecule has 4 nitrogen and oxygen atoms in total. The Morgan fingerprint density at radius 3 is 2.29 bits per heavy atom. The highest BCUT2D eigenvalue weighted by atomic mass is 16.5. The van der Waals surface area contributed by atoms with E-state index in [9.17, 15) is 4.79 Å². The van der Waals surface area contributed by atoms with Gasteiger partial charge in [0.05, 0.1) is 14.2 Å². The van der Waals surface area contributed by atoms with Crippen molar-refractivity contribution in [2.45, 2.75) is 44.7 Å². The van der Waals surface area contributed by atoms with Crippen molar-refractivity contribution in [2.75, 3.05) is 14.2 Å². The number of carbonyl (C=O) groups excluding carboxylic acids is 1. The molecule has 1 aromatic rings. The number of ether oxygens (including phenoxy) is 2. The van der Waals surface area contributed by atoms with Crippen LogP contribution in [0.2, 0.25) is 0 Å². The van der Waals surface area contributed by atoms with E-state index in [2.05, 4.69) is 17.4 Å². The molecule has 0 bridgehead atoms. The highest BCUT2D eigenvalue weighted by molar-refractivity contribution is 5.76. The quantitative estimate of drug-likeness (QED) is 0.819. The van der Waals surface area contributed by atoms with E-state index in [0.717, 1.165) is 18.6 Å². The maximum absolute atomic E-state index is 11.8. The lowest BCUT2D eigenvalue weighted by Crippen LogP contribution is -2.51. The van der Waals surface area contributed by atoms with Gasteiger partial charge in [0.2, 0.25) is 0 Å². The van der Waals surface area contributed by atoms with Crippen LogP contribution in [0.3, 0.4) is 0 Å². The molecule has 1 N–H and O–H groups in total. The first-order valence-corrected chi connectivity index (χ1v) is 7.53. The van der Waals surface area contributed by atoms with Crippen molar-refractivity contribution in [2.24, 2.45) is 5.92 Å². The summed E-state index contributed by atoms with van der Waals surface area (Å²) in [5.41, 5.74) is 1.34. The zero-order valence-electron chi connectivity index (χ0n) is 13.3. The van der Waals surface area contributed by atoms with Gasteiger partial charge in [-0.1, -0.05) is 26.0 Å². The molecule has 1 saturated carbocycles. The normalized spacial score (nSPS) is 22.5. The summed E-state index contributed by atoms with van der Waals surface area (Å²) in [4.78, 5) is 11.8. The van der Waals surface area contributed by atoms with Crippen molar-refractivity contribution in [3.8, 4) is 5.75 Å². The molecule has 0 radical (unpaired) electrons. The molecule has 4 heteroatoms. The van der Waals surface area contributed by atoms with Gasteiger partial charge in [0.1, 0.15) is 11.8 Å². The first-order valence-electron chi connectivity index (χ1n) is 7.53. The van der Waals surface area contributed by atoms with E-state index in [-0.39, 0.29) is 17.9 Å². The summed E-state index contributed by atoms with van der Waals surface area (Å²) < 4.78 is 10.0. The number of esters is 1. The molecular weight excluding hydrogens is 266 g/mol. The molecule has 2 rings (SSSR count). The average Bonchev–Trinajstić information content (AvgIpc) is 2.45. The molecule has 1 aliphatic rings. The van der Waals surface area contributed by atoms with Crippen LogP contribution in [0.25, 0.3) is 0 Å². The van der Waals surface area contributed by atoms with Gasteiger partial charge in [0.25, 0.3) is 0 Å². The lowest BCUT2D eigenvalue weighted by molar-refractivity contribution is -0.144. The van der Waals surface area contributed by atoms with Gasteiger partial charge in [-0.25, -0.2) is 0 Å². The van der Waals surface area contributed by atoms with Crippen LogP contribution in [0.15, 0.2) is 24.3 Å². The Hall–Kier alpha value is -1.55. The predicted octanol–water partition coefficient (Wildman–Crippen LogP) is 2.73. The van der Waals surface area contributed by atoms with Gasteiger partial charge in [0, 0.05) is 6.04 Å².